The van der Waals surface area contributed by atoms with Gasteiger partial charge in [0.05, 0.1) is 0 Å². The van der Waals surface area contributed by atoms with Gasteiger partial charge < -0.3 is 14.2 Å². The Bertz CT molecular complexity index is 185. The SMILES string of the molecule is CCCCOCCCOCCCOCC(CC)CCCC. The zero-order chi connectivity index (χ0) is 15.6. The van der Waals surface area contributed by atoms with Crippen LogP contribution in [0.1, 0.15) is 72.1 Å². The molecule has 0 aromatic carbocycles. The number of unbranched alkanes of at least 4 members (excludes halogenated alkanes) is 2. The Labute approximate surface area is 132 Å². The van der Waals surface area contributed by atoms with E-state index in [1.807, 2.05) is 0 Å². The number of rotatable bonds is 17. The summed E-state index contributed by atoms with van der Waals surface area (Å²) in [6.07, 6.45) is 9.51. The maximum atomic E-state index is 5.75. The quantitative estimate of drug-likeness (QED) is 0.360. The summed E-state index contributed by atoms with van der Waals surface area (Å²) >= 11 is 0. The van der Waals surface area contributed by atoms with Gasteiger partial charge in [0.1, 0.15) is 0 Å². The van der Waals surface area contributed by atoms with Gasteiger partial charge in [0, 0.05) is 39.6 Å². The molecule has 0 aromatic rings. The van der Waals surface area contributed by atoms with Crippen LogP contribution in [0.3, 0.4) is 0 Å². The van der Waals surface area contributed by atoms with E-state index in [0.717, 1.165) is 64.8 Å². The van der Waals surface area contributed by atoms with Crippen molar-refractivity contribution >= 4 is 0 Å². The lowest BCUT2D eigenvalue weighted by Gasteiger charge is -2.14. The van der Waals surface area contributed by atoms with Crippen LogP contribution in [-0.4, -0.2) is 39.6 Å². The maximum absolute atomic E-state index is 5.75. The summed E-state index contributed by atoms with van der Waals surface area (Å²) in [5.41, 5.74) is 0. The summed E-state index contributed by atoms with van der Waals surface area (Å²) in [6, 6.07) is 0. The monoisotopic (exact) mass is 302 g/mol. The van der Waals surface area contributed by atoms with Crippen LogP contribution in [0.25, 0.3) is 0 Å². The van der Waals surface area contributed by atoms with E-state index in [4.69, 9.17) is 14.2 Å². The fourth-order valence-electron chi connectivity index (χ4n) is 2.12. The standard InChI is InChI=1S/C18H38O3/c1-4-7-11-18(6-3)17-21-16-10-15-20-14-9-13-19-12-8-5-2/h18H,4-17H2,1-3H3. The Morgan fingerprint density at radius 2 is 1.14 bits per heavy atom. The lowest BCUT2D eigenvalue weighted by atomic mass is 10.0. The Balaban J connectivity index is 3.14. The summed E-state index contributed by atoms with van der Waals surface area (Å²) in [4.78, 5) is 0. The second kappa shape index (κ2) is 17.9. The highest BCUT2D eigenvalue weighted by Gasteiger charge is 2.05. The lowest BCUT2D eigenvalue weighted by molar-refractivity contribution is 0.0523. The molecule has 0 saturated carbocycles. The predicted molar refractivity (Wildman–Crippen MR) is 89.9 cm³/mol. The molecule has 0 aromatic heterocycles. The molecule has 3 nitrogen and oxygen atoms in total. The van der Waals surface area contributed by atoms with E-state index in [-0.39, 0.29) is 0 Å². The van der Waals surface area contributed by atoms with Crippen molar-refractivity contribution in [3.05, 3.63) is 0 Å². The Hall–Kier alpha value is -0.120. The molecule has 3 heteroatoms. The summed E-state index contributed by atoms with van der Waals surface area (Å²) in [7, 11) is 0. The van der Waals surface area contributed by atoms with Crippen molar-refractivity contribution in [1.29, 1.82) is 0 Å². The molecule has 0 aliphatic rings. The first-order valence-corrected chi connectivity index (χ1v) is 9.08. The first kappa shape index (κ1) is 20.9. The van der Waals surface area contributed by atoms with Gasteiger partial charge in [-0.25, -0.2) is 0 Å². The van der Waals surface area contributed by atoms with Crippen LogP contribution in [0, 0.1) is 5.92 Å². The zero-order valence-electron chi connectivity index (χ0n) is 14.7. The molecule has 0 spiro atoms. The minimum atomic E-state index is 0.742. The third-order valence-electron chi connectivity index (χ3n) is 3.69. The first-order chi connectivity index (χ1) is 10.3. The van der Waals surface area contributed by atoms with Crippen molar-refractivity contribution < 1.29 is 14.2 Å². The minimum Gasteiger partial charge on any atom is -0.381 e. The normalized spacial score (nSPS) is 12.7. The van der Waals surface area contributed by atoms with Crippen LogP contribution < -0.4 is 0 Å². The molecule has 0 aliphatic carbocycles. The van der Waals surface area contributed by atoms with Crippen LogP contribution in [0.4, 0.5) is 0 Å². The average molecular weight is 302 g/mol. The summed E-state index contributed by atoms with van der Waals surface area (Å²) in [5, 5.41) is 0. The zero-order valence-corrected chi connectivity index (χ0v) is 14.7. The largest absolute Gasteiger partial charge is 0.381 e. The molecule has 0 rings (SSSR count). The van der Waals surface area contributed by atoms with Gasteiger partial charge in [-0.05, 0) is 31.6 Å². The third kappa shape index (κ3) is 16.1. The highest BCUT2D eigenvalue weighted by molar-refractivity contribution is 4.55. The molecular formula is C18H38O3. The molecule has 1 atom stereocenters. The Morgan fingerprint density at radius 3 is 1.67 bits per heavy atom. The van der Waals surface area contributed by atoms with Gasteiger partial charge in [-0.3, -0.25) is 0 Å². The smallest absolute Gasteiger partial charge is 0.0494 e. The first-order valence-electron chi connectivity index (χ1n) is 9.08. The molecule has 0 N–H and O–H groups in total. The molecule has 128 valence electrons. The molecule has 1 unspecified atom stereocenters. The van der Waals surface area contributed by atoms with E-state index in [9.17, 15) is 0 Å². The van der Waals surface area contributed by atoms with Crippen molar-refractivity contribution in [2.24, 2.45) is 5.92 Å². The van der Waals surface area contributed by atoms with Gasteiger partial charge >= 0.3 is 0 Å². The van der Waals surface area contributed by atoms with Gasteiger partial charge in [-0.15, -0.1) is 0 Å². The molecule has 21 heavy (non-hydrogen) atoms. The van der Waals surface area contributed by atoms with Crippen LogP contribution in [0.15, 0.2) is 0 Å². The van der Waals surface area contributed by atoms with Crippen molar-refractivity contribution in [3.8, 4) is 0 Å². The van der Waals surface area contributed by atoms with Crippen LogP contribution in [0.2, 0.25) is 0 Å². The number of hydrogen-bond donors (Lipinski definition) is 0. The molecule has 0 heterocycles. The average Bonchev–Trinajstić information content (AvgIpc) is 2.51. The van der Waals surface area contributed by atoms with Crippen LogP contribution in [-0.2, 0) is 14.2 Å². The van der Waals surface area contributed by atoms with E-state index in [1.165, 1.54) is 32.1 Å². The van der Waals surface area contributed by atoms with Crippen molar-refractivity contribution in [2.45, 2.75) is 72.1 Å². The van der Waals surface area contributed by atoms with Gasteiger partial charge in [0.2, 0.25) is 0 Å². The molecule has 0 amide bonds. The van der Waals surface area contributed by atoms with E-state index < -0.39 is 0 Å². The summed E-state index contributed by atoms with van der Waals surface area (Å²) in [5.74, 6) is 0.742. The highest BCUT2D eigenvalue weighted by Crippen LogP contribution is 2.12. The fraction of sp³-hybridized carbons (Fsp3) is 1.00. The van der Waals surface area contributed by atoms with E-state index in [0.29, 0.717) is 0 Å². The minimum absolute atomic E-state index is 0.742. The molecular weight excluding hydrogens is 264 g/mol. The van der Waals surface area contributed by atoms with E-state index in [2.05, 4.69) is 20.8 Å². The van der Waals surface area contributed by atoms with Gasteiger partial charge in [-0.1, -0.05) is 46.5 Å². The van der Waals surface area contributed by atoms with Crippen LogP contribution >= 0.6 is 0 Å². The van der Waals surface area contributed by atoms with Crippen molar-refractivity contribution in [3.63, 3.8) is 0 Å². The van der Waals surface area contributed by atoms with Crippen LogP contribution in [0.5, 0.6) is 0 Å². The van der Waals surface area contributed by atoms with E-state index >= 15 is 0 Å². The number of ether oxygens (including phenoxy) is 3. The summed E-state index contributed by atoms with van der Waals surface area (Å²) in [6.45, 7) is 11.8. The number of hydrogen-bond acceptors (Lipinski definition) is 3. The third-order valence-corrected chi connectivity index (χ3v) is 3.69. The predicted octanol–water partition coefficient (Wildman–Crippen LogP) is 4.83. The molecule has 0 saturated heterocycles. The second-order valence-corrected chi connectivity index (χ2v) is 5.78. The van der Waals surface area contributed by atoms with Gasteiger partial charge in [-0.2, -0.15) is 0 Å². The Morgan fingerprint density at radius 1 is 0.619 bits per heavy atom. The van der Waals surface area contributed by atoms with Gasteiger partial charge in [0.25, 0.3) is 0 Å². The molecule has 0 radical (unpaired) electrons. The topological polar surface area (TPSA) is 27.7 Å². The highest BCUT2D eigenvalue weighted by atomic mass is 16.5. The lowest BCUT2D eigenvalue weighted by Crippen LogP contribution is -2.11. The van der Waals surface area contributed by atoms with E-state index in [1.54, 1.807) is 0 Å². The van der Waals surface area contributed by atoms with Gasteiger partial charge in [0.15, 0.2) is 0 Å². The second-order valence-electron chi connectivity index (χ2n) is 5.78. The summed E-state index contributed by atoms with van der Waals surface area (Å²) < 4.78 is 16.8. The Kier molecular flexibility index (Phi) is 17.8. The molecule has 0 aliphatic heterocycles. The fourth-order valence-corrected chi connectivity index (χ4v) is 2.12. The van der Waals surface area contributed by atoms with Crippen molar-refractivity contribution in [1.82, 2.24) is 0 Å². The molecule has 0 fully saturated rings. The molecule has 0 bridgehead atoms. The van der Waals surface area contributed by atoms with Crippen molar-refractivity contribution in [2.75, 3.05) is 39.6 Å². The maximum Gasteiger partial charge on any atom is 0.0494 e.